The summed E-state index contributed by atoms with van der Waals surface area (Å²) in [5, 5.41) is 3.90. The third kappa shape index (κ3) is 4.67. The molecular weight excluding hydrogens is 400 g/mol. The highest BCUT2D eigenvalue weighted by Gasteiger charge is 2.28. The molecule has 0 amide bonds. The molecule has 7 heteroatoms. The molecule has 0 saturated carbocycles. The lowest BCUT2D eigenvalue weighted by atomic mass is 10.0. The van der Waals surface area contributed by atoms with E-state index in [9.17, 15) is 0 Å². The SMILES string of the molecule is COc1ccc(N2CCC(NC3CCN(c4nccc(-c5cccnc5)n4)C3)CC2)cc1. The van der Waals surface area contributed by atoms with Crippen LogP contribution in [0.5, 0.6) is 5.75 Å². The number of piperidine rings is 1. The Morgan fingerprint density at radius 3 is 2.44 bits per heavy atom. The van der Waals surface area contributed by atoms with E-state index in [1.165, 1.54) is 5.69 Å². The molecule has 2 fully saturated rings. The van der Waals surface area contributed by atoms with Gasteiger partial charge in [-0.3, -0.25) is 4.98 Å². The van der Waals surface area contributed by atoms with Crippen LogP contribution in [0.4, 0.5) is 11.6 Å². The molecule has 2 saturated heterocycles. The maximum atomic E-state index is 5.27. The fourth-order valence-corrected chi connectivity index (χ4v) is 4.68. The van der Waals surface area contributed by atoms with Gasteiger partial charge >= 0.3 is 0 Å². The number of nitrogens with one attached hydrogen (secondary N) is 1. The van der Waals surface area contributed by atoms with E-state index in [-0.39, 0.29) is 0 Å². The van der Waals surface area contributed by atoms with Crippen molar-refractivity contribution in [2.75, 3.05) is 43.1 Å². The second-order valence-corrected chi connectivity index (χ2v) is 8.54. The number of benzene rings is 1. The van der Waals surface area contributed by atoms with Gasteiger partial charge in [-0.15, -0.1) is 0 Å². The number of rotatable bonds is 6. The van der Waals surface area contributed by atoms with Crippen molar-refractivity contribution in [3.8, 4) is 17.0 Å². The summed E-state index contributed by atoms with van der Waals surface area (Å²) in [5.41, 5.74) is 3.22. The van der Waals surface area contributed by atoms with Gasteiger partial charge in [0.1, 0.15) is 5.75 Å². The largest absolute Gasteiger partial charge is 0.497 e. The van der Waals surface area contributed by atoms with Gasteiger partial charge in [-0.05, 0) is 61.7 Å². The molecule has 1 unspecified atom stereocenters. The molecule has 1 atom stereocenters. The van der Waals surface area contributed by atoms with Crippen LogP contribution in [0, 0.1) is 0 Å². The third-order valence-electron chi connectivity index (χ3n) is 6.48. The first-order valence-electron chi connectivity index (χ1n) is 11.4. The molecule has 166 valence electrons. The normalized spacial score (nSPS) is 19.3. The number of ether oxygens (including phenoxy) is 1. The van der Waals surface area contributed by atoms with Gasteiger partial charge in [0.05, 0.1) is 12.8 Å². The number of methoxy groups -OCH3 is 1. The Hall–Kier alpha value is -3.19. The second kappa shape index (κ2) is 9.53. The Labute approximate surface area is 189 Å². The molecule has 0 aliphatic carbocycles. The third-order valence-corrected chi connectivity index (χ3v) is 6.48. The Morgan fingerprint density at radius 1 is 0.906 bits per heavy atom. The van der Waals surface area contributed by atoms with Crippen molar-refractivity contribution < 1.29 is 4.74 Å². The summed E-state index contributed by atoms with van der Waals surface area (Å²) >= 11 is 0. The van der Waals surface area contributed by atoms with Crippen LogP contribution in [-0.4, -0.2) is 60.3 Å². The number of nitrogens with zero attached hydrogens (tertiary/aromatic N) is 5. The zero-order valence-corrected chi connectivity index (χ0v) is 18.5. The summed E-state index contributed by atoms with van der Waals surface area (Å²) in [7, 11) is 1.71. The summed E-state index contributed by atoms with van der Waals surface area (Å²) in [5.74, 6) is 1.72. The van der Waals surface area contributed by atoms with Crippen LogP contribution < -0.4 is 19.9 Å². The Kier molecular flexibility index (Phi) is 6.16. The Bertz CT molecular complexity index is 1000. The number of pyridine rings is 1. The molecule has 32 heavy (non-hydrogen) atoms. The smallest absolute Gasteiger partial charge is 0.225 e. The standard InChI is InChI=1S/C25H30N6O/c1-32-23-6-4-22(5-7-23)30-14-9-20(10-15-30)28-21-11-16-31(18-21)25-27-13-8-24(29-25)19-3-2-12-26-17-19/h2-8,12-13,17,20-21,28H,9-11,14-16,18H2,1H3. The minimum absolute atomic E-state index is 0.484. The molecule has 1 N–H and O–H groups in total. The van der Waals surface area contributed by atoms with Crippen LogP contribution in [0.25, 0.3) is 11.3 Å². The van der Waals surface area contributed by atoms with Gasteiger partial charge in [0.25, 0.3) is 0 Å². The quantitative estimate of drug-likeness (QED) is 0.643. The molecule has 7 nitrogen and oxygen atoms in total. The first kappa shape index (κ1) is 20.7. The summed E-state index contributed by atoms with van der Waals surface area (Å²) in [6, 6.07) is 15.4. The molecule has 5 rings (SSSR count). The van der Waals surface area contributed by atoms with E-state index in [2.05, 4.69) is 37.2 Å². The zero-order valence-electron chi connectivity index (χ0n) is 18.5. The number of hydrogen-bond acceptors (Lipinski definition) is 7. The number of aromatic nitrogens is 3. The van der Waals surface area contributed by atoms with Gasteiger partial charge in [0, 0.05) is 68.1 Å². The van der Waals surface area contributed by atoms with Crippen LogP contribution in [0.2, 0.25) is 0 Å². The molecule has 3 aromatic rings. The van der Waals surface area contributed by atoms with Crippen LogP contribution in [0.15, 0.2) is 61.1 Å². The van der Waals surface area contributed by atoms with Crippen molar-refractivity contribution in [1.82, 2.24) is 20.3 Å². The van der Waals surface area contributed by atoms with Gasteiger partial charge < -0.3 is 19.9 Å². The second-order valence-electron chi connectivity index (χ2n) is 8.54. The minimum atomic E-state index is 0.484. The summed E-state index contributed by atoms with van der Waals surface area (Å²) in [6.07, 6.45) is 8.92. The maximum Gasteiger partial charge on any atom is 0.225 e. The first-order valence-corrected chi connectivity index (χ1v) is 11.4. The predicted octanol–water partition coefficient (Wildman–Crippen LogP) is 3.38. The molecule has 0 spiro atoms. The van der Waals surface area contributed by atoms with E-state index >= 15 is 0 Å². The van der Waals surface area contributed by atoms with Crippen molar-refractivity contribution in [1.29, 1.82) is 0 Å². The van der Waals surface area contributed by atoms with Crippen molar-refractivity contribution in [2.24, 2.45) is 0 Å². The van der Waals surface area contributed by atoms with E-state index in [1.807, 2.05) is 42.7 Å². The van der Waals surface area contributed by atoms with E-state index in [0.717, 1.165) is 68.4 Å². The number of hydrogen-bond donors (Lipinski definition) is 1. The van der Waals surface area contributed by atoms with Crippen molar-refractivity contribution in [2.45, 2.75) is 31.3 Å². The van der Waals surface area contributed by atoms with Gasteiger partial charge in [0.15, 0.2) is 0 Å². The molecule has 2 aromatic heterocycles. The molecule has 4 heterocycles. The van der Waals surface area contributed by atoms with Crippen molar-refractivity contribution in [3.63, 3.8) is 0 Å². The van der Waals surface area contributed by atoms with E-state index in [1.54, 1.807) is 13.3 Å². The van der Waals surface area contributed by atoms with Gasteiger partial charge in [-0.25, -0.2) is 9.97 Å². The summed E-state index contributed by atoms with van der Waals surface area (Å²) in [6.45, 7) is 4.10. The van der Waals surface area contributed by atoms with Gasteiger partial charge in [0.2, 0.25) is 5.95 Å². The van der Waals surface area contributed by atoms with E-state index < -0.39 is 0 Å². The van der Waals surface area contributed by atoms with E-state index in [4.69, 9.17) is 9.72 Å². The fourth-order valence-electron chi connectivity index (χ4n) is 4.68. The monoisotopic (exact) mass is 430 g/mol. The fraction of sp³-hybridized carbons (Fsp3) is 0.400. The van der Waals surface area contributed by atoms with Crippen LogP contribution in [0.1, 0.15) is 19.3 Å². The average molecular weight is 431 g/mol. The summed E-state index contributed by atoms with van der Waals surface area (Å²) in [4.78, 5) is 18.3. The predicted molar refractivity (Wildman–Crippen MR) is 127 cm³/mol. The molecule has 1 aromatic carbocycles. The highest BCUT2D eigenvalue weighted by atomic mass is 16.5. The van der Waals surface area contributed by atoms with Crippen LogP contribution in [-0.2, 0) is 0 Å². The minimum Gasteiger partial charge on any atom is -0.497 e. The highest BCUT2D eigenvalue weighted by molar-refractivity contribution is 5.58. The molecular formula is C25H30N6O. The topological polar surface area (TPSA) is 66.4 Å². The average Bonchev–Trinajstić information content (AvgIpc) is 3.34. The highest BCUT2D eigenvalue weighted by Crippen LogP contribution is 2.25. The molecule has 0 radical (unpaired) electrons. The first-order chi connectivity index (χ1) is 15.8. The van der Waals surface area contributed by atoms with Gasteiger partial charge in [-0.2, -0.15) is 0 Å². The van der Waals surface area contributed by atoms with Crippen molar-refractivity contribution in [3.05, 3.63) is 61.1 Å². The van der Waals surface area contributed by atoms with Crippen LogP contribution in [0.3, 0.4) is 0 Å². The maximum absolute atomic E-state index is 5.27. The lowest BCUT2D eigenvalue weighted by Crippen LogP contribution is -2.47. The van der Waals surface area contributed by atoms with Crippen LogP contribution >= 0.6 is 0 Å². The molecule has 2 aliphatic heterocycles. The summed E-state index contributed by atoms with van der Waals surface area (Å²) < 4.78 is 5.27. The van der Waals surface area contributed by atoms with Gasteiger partial charge in [-0.1, -0.05) is 0 Å². The Morgan fingerprint density at radius 2 is 1.69 bits per heavy atom. The van der Waals surface area contributed by atoms with Crippen molar-refractivity contribution >= 4 is 11.6 Å². The Balaban J connectivity index is 1.13. The lowest BCUT2D eigenvalue weighted by Gasteiger charge is -2.35. The van der Waals surface area contributed by atoms with E-state index in [0.29, 0.717) is 12.1 Å². The zero-order chi connectivity index (χ0) is 21.8. The number of anilines is 2. The lowest BCUT2D eigenvalue weighted by molar-refractivity contribution is 0.376. The molecule has 2 aliphatic rings. The molecule has 0 bridgehead atoms.